The van der Waals surface area contributed by atoms with Gasteiger partial charge in [0.1, 0.15) is 17.9 Å². The monoisotopic (exact) mass is 349 g/mol. The molecule has 1 heterocycles. The van der Waals surface area contributed by atoms with Crippen molar-refractivity contribution >= 4 is 39.0 Å². The lowest BCUT2D eigenvalue weighted by atomic mass is 10.2. The smallest absolute Gasteiger partial charge is 0.337 e. The van der Waals surface area contributed by atoms with Gasteiger partial charge in [-0.1, -0.05) is 23.2 Å². The molecule has 0 saturated heterocycles. The number of aryl methyl sites for hydroxylation is 1. The summed E-state index contributed by atoms with van der Waals surface area (Å²) in [5.74, 6) is -1.59. The maximum Gasteiger partial charge on any atom is 0.337 e. The number of halogens is 2. The highest BCUT2D eigenvalue weighted by molar-refractivity contribution is 7.90. The van der Waals surface area contributed by atoms with E-state index < -0.39 is 21.6 Å². The molecule has 1 aromatic carbocycles. The van der Waals surface area contributed by atoms with E-state index in [1.807, 2.05) is 0 Å². The van der Waals surface area contributed by atoms with Gasteiger partial charge < -0.3 is 5.11 Å². The third-order valence-corrected chi connectivity index (χ3v) is 5.09. The summed E-state index contributed by atoms with van der Waals surface area (Å²) in [6, 6.07) is 2.04. The van der Waals surface area contributed by atoms with Crippen molar-refractivity contribution in [1.29, 1.82) is 0 Å². The fourth-order valence-electron chi connectivity index (χ4n) is 1.63. The molecule has 1 aromatic heterocycles. The summed E-state index contributed by atoms with van der Waals surface area (Å²) in [5.41, 5.74) is -0.336. The van der Waals surface area contributed by atoms with Crippen LogP contribution in [0.3, 0.4) is 0 Å². The first-order valence-corrected chi connectivity index (χ1v) is 7.91. The second-order valence-corrected chi connectivity index (χ2v) is 6.90. The van der Waals surface area contributed by atoms with Crippen LogP contribution in [0.2, 0.25) is 10.0 Å². The molecule has 0 aliphatic carbocycles. The molecule has 21 heavy (non-hydrogen) atoms. The minimum absolute atomic E-state index is 0.134. The van der Waals surface area contributed by atoms with Gasteiger partial charge in [0.2, 0.25) is 0 Å². The van der Waals surface area contributed by atoms with Gasteiger partial charge in [0, 0.05) is 7.05 Å². The van der Waals surface area contributed by atoms with Gasteiger partial charge in [0.05, 0.1) is 20.5 Å². The van der Waals surface area contributed by atoms with Crippen molar-refractivity contribution in [2.24, 2.45) is 7.05 Å². The lowest BCUT2D eigenvalue weighted by molar-refractivity contribution is 0.0697. The summed E-state index contributed by atoms with van der Waals surface area (Å²) in [5, 5.41) is 12.5. The molecule has 0 aliphatic heterocycles. The summed E-state index contributed by atoms with van der Waals surface area (Å²) in [7, 11) is -2.34. The summed E-state index contributed by atoms with van der Waals surface area (Å²) in [6.07, 6.45) is 1.22. The molecular weight excluding hydrogens is 341 g/mol. The van der Waals surface area contributed by atoms with E-state index in [0.717, 1.165) is 12.1 Å². The van der Waals surface area contributed by atoms with Crippen LogP contribution in [0.25, 0.3) is 0 Å². The first-order valence-electron chi connectivity index (χ1n) is 5.50. The number of nitrogens with zero attached hydrogens (tertiary/aromatic N) is 3. The van der Waals surface area contributed by atoms with Crippen LogP contribution >= 0.6 is 23.2 Å². The molecule has 0 radical (unpaired) electrons. The van der Waals surface area contributed by atoms with Crippen LogP contribution in [0.1, 0.15) is 16.2 Å². The highest BCUT2D eigenvalue weighted by Crippen LogP contribution is 2.30. The molecule has 2 aromatic rings. The lowest BCUT2D eigenvalue weighted by Gasteiger charge is -2.08. The fraction of sp³-hybridized carbons (Fsp3) is 0.182. The number of rotatable bonds is 4. The Morgan fingerprint density at radius 1 is 1.33 bits per heavy atom. The zero-order valence-electron chi connectivity index (χ0n) is 10.6. The number of carbonyl (C=O) groups is 1. The highest BCUT2D eigenvalue weighted by Gasteiger charge is 2.24. The van der Waals surface area contributed by atoms with Crippen LogP contribution in [-0.4, -0.2) is 34.3 Å². The zero-order valence-corrected chi connectivity index (χ0v) is 12.9. The Morgan fingerprint density at radius 2 is 2.00 bits per heavy atom. The van der Waals surface area contributed by atoms with Crippen molar-refractivity contribution in [2.45, 2.75) is 10.6 Å². The molecule has 0 aliphatic rings. The maximum atomic E-state index is 12.4. The van der Waals surface area contributed by atoms with Crippen molar-refractivity contribution in [1.82, 2.24) is 14.8 Å². The Kier molecular flexibility index (Phi) is 4.22. The van der Waals surface area contributed by atoms with Crippen molar-refractivity contribution in [3.63, 3.8) is 0 Å². The minimum Gasteiger partial charge on any atom is -0.478 e. The molecule has 0 bridgehead atoms. The number of hydrogen-bond acceptors (Lipinski definition) is 5. The van der Waals surface area contributed by atoms with Crippen molar-refractivity contribution in [2.75, 3.05) is 0 Å². The van der Waals surface area contributed by atoms with Gasteiger partial charge >= 0.3 is 5.97 Å². The van der Waals surface area contributed by atoms with Gasteiger partial charge in [-0.25, -0.2) is 18.2 Å². The SMILES string of the molecule is Cn1ncnc1CS(=O)(=O)c1cc(C(=O)O)c(Cl)cc1Cl. The van der Waals surface area contributed by atoms with Crippen molar-refractivity contribution in [3.05, 3.63) is 39.9 Å². The molecule has 0 unspecified atom stereocenters. The van der Waals surface area contributed by atoms with E-state index >= 15 is 0 Å². The molecule has 2 rings (SSSR count). The minimum atomic E-state index is -3.89. The number of hydrogen-bond donors (Lipinski definition) is 1. The van der Waals surface area contributed by atoms with E-state index in [4.69, 9.17) is 28.3 Å². The molecule has 10 heteroatoms. The van der Waals surface area contributed by atoms with E-state index in [-0.39, 0.29) is 26.3 Å². The number of aromatic nitrogens is 3. The average Bonchev–Trinajstić information content (AvgIpc) is 2.73. The topological polar surface area (TPSA) is 102 Å². The first-order chi connectivity index (χ1) is 9.72. The Labute approximate surface area is 130 Å². The molecule has 7 nitrogen and oxygen atoms in total. The average molecular weight is 350 g/mol. The number of sulfone groups is 1. The Bertz CT molecular complexity index is 817. The van der Waals surface area contributed by atoms with Crippen LogP contribution in [-0.2, 0) is 22.6 Å². The molecule has 0 spiro atoms. The Morgan fingerprint density at radius 3 is 2.52 bits per heavy atom. The second-order valence-electron chi connectivity index (χ2n) is 4.13. The molecule has 0 fully saturated rings. The largest absolute Gasteiger partial charge is 0.478 e. The predicted molar refractivity (Wildman–Crippen MR) is 75.3 cm³/mol. The summed E-state index contributed by atoms with van der Waals surface area (Å²) in [6.45, 7) is 0. The van der Waals surface area contributed by atoms with Gasteiger partial charge in [0.25, 0.3) is 0 Å². The maximum absolute atomic E-state index is 12.4. The third-order valence-electron chi connectivity index (χ3n) is 2.71. The van der Waals surface area contributed by atoms with Crippen molar-refractivity contribution < 1.29 is 18.3 Å². The van der Waals surface area contributed by atoms with E-state index in [2.05, 4.69) is 10.1 Å². The summed E-state index contributed by atoms with van der Waals surface area (Å²) >= 11 is 11.6. The quantitative estimate of drug-likeness (QED) is 0.902. The second kappa shape index (κ2) is 5.63. The number of carboxylic acid groups (broad SMARTS) is 1. The molecule has 0 amide bonds. The third kappa shape index (κ3) is 3.17. The van der Waals surface area contributed by atoms with Gasteiger partial charge in [-0.3, -0.25) is 4.68 Å². The Hall–Kier alpha value is -1.64. The van der Waals surface area contributed by atoms with E-state index in [1.165, 1.54) is 11.0 Å². The highest BCUT2D eigenvalue weighted by atomic mass is 35.5. The number of carboxylic acids is 1. The van der Waals surface area contributed by atoms with Crippen LogP contribution < -0.4 is 0 Å². The van der Waals surface area contributed by atoms with E-state index in [1.54, 1.807) is 7.05 Å². The first kappa shape index (κ1) is 15.7. The van der Waals surface area contributed by atoms with Gasteiger partial charge in [0.15, 0.2) is 9.84 Å². The van der Waals surface area contributed by atoms with Gasteiger partial charge in [-0.15, -0.1) is 0 Å². The summed E-state index contributed by atoms with van der Waals surface area (Å²) in [4.78, 5) is 14.5. The van der Waals surface area contributed by atoms with Crippen LogP contribution in [0.15, 0.2) is 23.4 Å². The van der Waals surface area contributed by atoms with Crippen LogP contribution in [0.4, 0.5) is 0 Å². The zero-order chi connectivity index (χ0) is 15.8. The molecular formula is C11H9Cl2N3O4S. The standard InChI is InChI=1S/C11H9Cl2N3O4S/c1-16-10(14-5-15-16)4-21(19,20)9-2-6(11(17)18)7(12)3-8(9)13/h2-3,5H,4H2,1H3,(H,17,18). The molecule has 112 valence electrons. The van der Waals surface area contributed by atoms with E-state index in [0.29, 0.717) is 0 Å². The summed E-state index contributed by atoms with van der Waals surface area (Å²) < 4.78 is 26.0. The fourth-order valence-corrected chi connectivity index (χ4v) is 3.86. The van der Waals surface area contributed by atoms with E-state index in [9.17, 15) is 13.2 Å². The van der Waals surface area contributed by atoms with Gasteiger partial charge in [-0.2, -0.15) is 5.10 Å². The number of aromatic carboxylic acids is 1. The normalized spacial score (nSPS) is 11.6. The number of benzene rings is 1. The lowest BCUT2D eigenvalue weighted by Crippen LogP contribution is -2.11. The van der Waals surface area contributed by atoms with Crippen LogP contribution in [0.5, 0.6) is 0 Å². The van der Waals surface area contributed by atoms with Crippen molar-refractivity contribution in [3.8, 4) is 0 Å². The molecule has 0 atom stereocenters. The predicted octanol–water partition coefficient (Wildman–Crippen LogP) is 1.79. The Balaban J connectivity index is 2.52. The van der Waals surface area contributed by atoms with Gasteiger partial charge in [-0.05, 0) is 12.1 Å². The van der Waals surface area contributed by atoms with Crippen LogP contribution in [0, 0.1) is 0 Å². The molecule has 1 N–H and O–H groups in total. The molecule has 0 saturated carbocycles.